The minimum atomic E-state index is -0.357. The van der Waals surface area contributed by atoms with E-state index in [2.05, 4.69) is 43.5 Å². The van der Waals surface area contributed by atoms with Crippen molar-refractivity contribution in [3.63, 3.8) is 0 Å². The molecule has 22 heavy (non-hydrogen) atoms. The number of carbonyl (C=O) groups is 1. The van der Waals surface area contributed by atoms with Crippen LogP contribution in [0.3, 0.4) is 0 Å². The van der Waals surface area contributed by atoms with E-state index in [4.69, 9.17) is 17.0 Å². The fourth-order valence-electron chi connectivity index (χ4n) is 2.50. The molecule has 1 aliphatic rings. The molecule has 5 heteroatoms. The average Bonchev–Trinajstić information content (AvgIpc) is 2.45. The number of hydrogen-bond donors (Lipinski definition) is 2. The molecule has 2 rings (SSSR count). The molecule has 0 aromatic heterocycles. The number of esters is 1. The lowest BCUT2D eigenvalue weighted by Crippen LogP contribution is -2.45. The molecule has 0 radical (unpaired) electrons. The fourth-order valence-corrected chi connectivity index (χ4v) is 2.77. The van der Waals surface area contributed by atoms with Crippen molar-refractivity contribution >= 4 is 23.3 Å². The Morgan fingerprint density at radius 2 is 1.82 bits per heavy atom. The number of ether oxygens (including phenoxy) is 1. The van der Waals surface area contributed by atoms with Crippen LogP contribution in [0.2, 0.25) is 0 Å². The lowest BCUT2D eigenvalue weighted by atomic mass is 9.85. The van der Waals surface area contributed by atoms with E-state index in [9.17, 15) is 4.79 Å². The topological polar surface area (TPSA) is 50.4 Å². The molecule has 0 fully saturated rings. The molecule has 1 heterocycles. The Bertz CT molecular complexity index is 627. The number of rotatable bonds is 2. The third-order valence-corrected chi connectivity index (χ3v) is 4.00. The second-order valence-corrected chi connectivity index (χ2v) is 6.84. The maximum atomic E-state index is 12.1. The summed E-state index contributed by atoms with van der Waals surface area (Å²) in [4.78, 5) is 12.1. The van der Waals surface area contributed by atoms with Gasteiger partial charge in [-0.05, 0) is 35.7 Å². The van der Waals surface area contributed by atoms with Gasteiger partial charge in [0.1, 0.15) is 0 Å². The number of methoxy groups -OCH3 is 1. The van der Waals surface area contributed by atoms with Gasteiger partial charge in [-0.3, -0.25) is 0 Å². The zero-order valence-corrected chi connectivity index (χ0v) is 14.4. The molecule has 0 aliphatic carbocycles. The van der Waals surface area contributed by atoms with Crippen LogP contribution in [-0.4, -0.2) is 18.2 Å². The zero-order chi connectivity index (χ0) is 16.5. The first-order chi connectivity index (χ1) is 10.2. The van der Waals surface area contributed by atoms with E-state index in [0.717, 1.165) is 11.3 Å². The van der Waals surface area contributed by atoms with E-state index in [1.165, 1.54) is 12.7 Å². The van der Waals surface area contributed by atoms with Crippen LogP contribution in [0.5, 0.6) is 0 Å². The van der Waals surface area contributed by atoms with Gasteiger partial charge < -0.3 is 15.4 Å². The smallest absolute Gasteiger partial charge is 0.337 e. The Balaban J connectivity index is 2.42. The third-order valence-electron chi connectivity index (χ3n) is 3.78. The number of carbonyl (C=O) groups excluding carboxylic acids is 1. The molecule has 0 bridgehead atoms. The Hall–Kier alpha value is -1.88. The highest BCUT2D eigenvalue weighted by Crippen LogP contribution is 2.29. The molecule has 0 amide bonds. The quantitative estimate of drug-likeness (QED) is 0.648. The Kier molecular flexibility index (Phi) is 4.56. The minimum absolute atomic E-state index is 0.0896. The second-order valence-electron chi connectivity index (χ2n) is 6.43. The third kappa shape index (κ3) is 3.30. The van der Waals surface area contributed by atoms with Crippen LogP contribution < -0.4 is 10.6 Å². The summed E-state index contributed by atoms with van der Waals surface area (Å²) in [6, 6.07) is 7.94. The number of thiocarbonyl (C=S) groups is 1. The normalized spacial score (nSPS) is 18.6. The van der Waals surface area contributed by atoms with Gasteiger partial charge in [0.15, 0.2) is 5.11 Å². The van der Waals surface area contributed by atoms with Gasteiger partial charge in [-0.15, -0.1) is 0 Å². The molecule has 1 aromatic carbocycles. The highest BCUT2D eigenvalue weighted by atomic mass is 32.1. The van der Waals surface area contributed by atoms with Crippen molar-refractivity contribution in [3.05, 3.63) is 46.7 Å². The van der Waals surface area contributed by atoms with Crippen LogP contribution >= 0.6 is 12.2 Å². The molecule has 0 spiro atoms. The summed E-state index contributed by atoms with van der Waals surface area (Å²) in [6.07, 6.45) is 0. The highest BCUT2D eigenvalue weighted by Gasteiger charge is 2.30. The van der Waals surface area contributed by atoms with Gasteiger partial charge in [0.2, 0.25) is 0 Å². The summed E-state index contributed by atoms with van der Waals surface area (Å²) < 4.78 is 4.90. The van der Waals surface area contributed by atoms with Crippen LogP contribution in [0.15, 0.2) is 35.5 Å². The molecule has 1 unspecified atom stereocenters. The van der Waals surface area contributed by atoms with Gasteiger partial charge in [-0.1, -0.05) is 45.0 Å². The molecule has 1 aliphatic heterocycles. The van der Waals surface area contributed by atoms with E-state index in [0.29, 0.717) is 10.7 Å². The van der Waals surface area contributed by atoms with E-state index in [1.54, 1.807) is 0 Å². The monoisotopic (exact) mass is 318 g/mol. The predicted octanol–water partition coefficient (Wildman–Crippen LogP) is 2.95. The van der Waals surface area contributed by atoms with E-state index in [1.807, 2.05) is 19.1 Å². The fraction of sp³-hybridized carbons (Fsp3) is 0.412. The van der Waals surface area contributed by atoms with E-state index >= 15 is 0 Å². The maximum Gasteiger partial charge on any atom is 0.337 e. The molecular weight excluding hydrogens is 296 g/mol. The minimum Gasteiger partial charge on any atom is -0.466 e. The molecule has 1 aromatic rings. The van der Waals surface area contributed by atoms with Crippen molar-refractivity contribution in [1.82, 2.24) is 10.6 Å². The van der Waals surface area contributed by atoms with Crippen LogP contribution in [0.1, 0.15) is 44.9 Å². The number of benzene rings is 1. The highest BCUT2D eigenvalue weighted by molar-refractivity contribution is 7.80. The van der Waals surface area contributed by atoms with E-state index < -0.39 is 0 Å². The van der Waals surface area contributed by atoms with Crippen molar-refractivity contribution in [2.24, 2.45) is 0 Å². The van der Waals surface area contributed by atoms with Gasteiger partial charge in [0.25, 0.3) is 0 Å². The van der Waals surface area contributed by atoms with Gasteiger partial charge in [0, 0.05) is 5.70 Å². The molecule has 0 saturated heterocycles. The van der Waals surface area contributed by atoms with Gasteiger partial charge in [-0.2, -0.15) is 0 Å². The maximum absolute atomic E-state index is 12.1. The summed E-state index contributed by atoms with van der Waals surface area (Å²) in [5, 5.41) is 6.64. The standard InChI is InChI=1S/C17H22N2O2S/c1-10-13(15(20)21-5)14(19-16(22)18-10)11-6-8-12(9-7-11)17(2,3)4/h6-9,14H,1-5H3,(H2,18,19,22). The summed E-state index contributed by atoms with van der Waals surface area (Å²) >= 11 is 5.21. The summed E-state index contributed by atoms with van der Waals surface area (Å²) in [7, 11) is 1.38. The van der Waals surface area contributed by atoms with Crippen LogP contribution in [0, 0.1) is 0 Å². The summed E-state index contributed by atoms with van der Waals surface area (Å²) in [5.74, 6) is -0.357. The number of nitrogens with one attached hydrogen (secondary N) is 2. The Morgan fingerprint density at radius 3 is 2.32 bits per heavy atom. The lowest BCUT2D eigenvalue weighted by Gasteiger charge is -2.30. The van der Waals surface area contributed by atoms with Crippen molar-refractivity contribution in [3.8, 4) is 0 Å². The first kappa shape index (κ1) is 16.5. The average molecular weight is 318 g/mol. The van der Waals surface area contributed by atoms with Crippen molar-refractivity contribution in [2.45, 2.75) is 39.2 Å². The van der Waals surface area contributed by atoms with Gasteiger partial charge in [0.05, 0.1) is 18.7 Å². The van der Waals surface area contributed by atoms with Crippen LogP contribution in [-0.2, 0) is 14.9 Å². The SMILES string of the molecule is COC(=O)C1=C(C)NC(=S)NC1c1ccc(C(C)(C)C)cc1. The molecule has 4 nitrogen and oxygen atoms in total. The van der Waals surface area contributed by atoms with Crippen LogP contribution in [0.4, 0.5) is 0 Å². The molecule has 118 valence electrons. The van der Waals surface area contributed by atoms with Gasteiger partial charge >= 0.3 is 5.97 Å². The molecule has 2 N–H and O–H groups in total. The number of allylic oxidation sites excluding steroid dienone is 1. The van der Waals surface area contributed by atoms with Crippen molar-refractivity contribution in [2.75, 3.05) is 7.11 Å². The first-order valence-corrected chi connectivity index (χ1v) is 7.62. The second kappa shape index (κ2) is 6.08. The van der Waals surface area contributed by atoms with Gasteiger partial charge in [-0.25, -0.2) is 4.79 Å². The van der Waals surface area contributed by atoms with Crippen molar-refractivity contribution < 1.29 is 9.53 Å². The Morgan fingerprint density at radius 1 is 1.23 bits per heavy atom. The molecular formula is C17H22N2O2S. The Labute approximate surface area is 136 Å². The summed E-state index contributed by atoms with van der Waals surface area (Å²) in [6.45, 7) is 8.34. The summed E-state index contributed by atoms with van der Waals surface area (Å²) in [5.41, 5.74) is 3.59. The lowest BCUT2D eigenvalue weighted by molar-refractivity contribution is -0.136. The predicted molar refractivity (Wildman–Crippen MR) is 91.5 cm³/mol. The molecule has 1 atom stereocenters. The zero-order valence-electron chi connectivity index (χ0n) is 13.6. The number of hydrogen-bond acceptors (Lipinski definition) is 3. The van der Waals surface area contributed by atoms with E-state index in [-0.39, 0.29) is 17.4 Å². The molecule has 0 saturated carbocycles. The first-order valence-electron chi connectivity index (χ1n) is 7.21. The largest absolute Gasteiger partial charge is 0.466 e. The van der Waals surface area contributed by atoms with Crippen molar-refractivity contribution in [1.29, 1.82) is 0 Å². The van der Waals surface area contributed by atoms with Crippen LogP contribution in [0.25, 0.3) is 0 Å².